The summed E-state index contributed by atoms with van der Waals surface area (Å²) in [5.41, 5.74) is 6.64. The van der Waals surface area contributed by atoms with Crippen LogP contribution in [0.1, 0.15) is 30.0 Å². The number of nitrogens with two attached hydrogens (primary N) is 1. The second kappa shape index (κ2) is 7.72. The fraction of sp³-hybridized carbons (Fsp3) is 0.240. The molecule has 5 rings (SSSR count). The molecule has 1 aliphatic rings. The standard InChI is InChI=1S/C25H24FN5O3/c1-13-7-10-19(18(26)11-13)31-22-20(24(33)30(25(31)34)17-8-9-17)21(14(2)23(32)29(22)3)28-16-6-4-5-15(27)12-16/h4-7,10-12,17,28H,8-9,27H2,1-3H3. The zero-order valence-corrected chi connectivity index (χ0v) is 19.1. The lowest BCUT2D eigenvalue weighted by atomic mass is 10.1. The van der Waals surface area contributed by atoms with Gasteiger partial charge in [-0.3, -0.25) is 18.7 Å². The van der Waals surface area contributed by atoms with E-state index in [4.69, 9.17) is 5.73 Å². The van der Waals surface area contributed by atoms with Crippen LogP contribution in [0.25, 0.3) is 16.7 Å². The van der Waals surface area contributed by atoms with Crippen molar-refractivity contribution in [2.24, 2.45) is 7.05 Å². The smallest absolute Gasteiger partial charge is 0.337 e. The first-order valence-corrected chi connectivity index (χ1v) is 11.0. The van der Waals surface area contributed by atoms with Crippen molar-refractivity contribution >= 4 is 28.1 Å². The van der Waals surface area contributed by atoms with Gasteiger partial charge in [0.1, 0.15) is 16.9 Å². The highest BCUT2D eigenvalue weighted by Gasteiger charge is 2.32. The summed E-state index contributed by atoms with van der Waals surface area (Å²) in [6, 6.07) is 11.1. The largest absolute Gasteiger partial charge is 0.399 e. The van der Waals surface area contributed by atoms with E-state index in [2.05, 4.69) is 5.32 Å². The molecule has 2 heterocycles. The zero-order chi connectivity index (χ0) is 24.3. The number of nitrogens with zero attached hydrogens (tertiary/aromatic N) is 3. The van der Waals surface area contributed by atoms with Crippen LogP contribution in [0, 0.1) is 19.7 Å². The minimum Gasteiger partial charge on any atom is -0.399 e. The van der Waals surface area contributed by atoms with Gasteiger partial charge in [0.25, 0.3) is 11.1 Å². The fourth-order valence-corrected chi connectivity index (χ4v) is 4.37. The number of nitrogens with one attached hydrogen (secondary N) is 1. The van der Waals surface area contributed by atoms with Crippen LogP contribution < -0.4 is 27.9 Å². The summed E-state index contributed by atoms with van der Waals surface area (Å²) in [4.78, 5) is 40.5. The van der Waals surface area contributed by atoms with Gasteiger partial charge in [-0.1, -0.05) is 12.1 Å². The third-order valence-corrected chi connectivity index (χ3v) is 6.25. The summed E-state index contributed by atoms with van der Waals surface area (Å²) in [7, 11) is 1.48. The van der Waals surface area contributed by atoms with Crippen molar-refractivity contribution in [1.82, 2.24) is 13.7 Å². The molecular formula is C25H24FN5O3. The van der Waals surface area contributed by atoms with Crippen LogP contribution in [0.15, 0.2) is 56.8 Å². The van der Waals surface area contributed by atoms with Gasteiger partial charge in [-0.15, -0.1) is 0 Å². The molecule has 8 nitrogen and oxygen atoms in total. The molecule has 3 N–H and O–H groups in total. The van der Waals surface area contributed by atoms with Gasteiger partial charge in [0.15, 0.2) is 0 Å². The molecule has 2 aromatic carbocycles. The van der Waals surface area contributed by atoms with Crippen molar-refractivity contribution in [3.05, 3.63) is 90.6 Å². The summed E-state index contributed by atoms with van der Waals surface area (Å²) >= 11 is 0. The van der Waals surface area contributed by atoms with E-state index in [0.29, 0.717) is 35.3 Å². The quantitative estimate of drug-likeness (QED) is 0.454. The van der Waals surface area contributed by atoms with Gasteiger partial charge in [0.05, 0.1) is 11.4 Å². The second-order valence-electron chi connectivity index (χ2n) is 8.79. The molecule has 1 fully saturated rings. The number of aryl methyl sites for hydroxylation is 2. The number of hydrogen-bond donors (Lipinski definition) is 2. The number of benzene rings is 2. The minimum absolute atomic E-state index is 0.0243. The van der Waals surface area contributed by atoms with Crippen LogP contribution >= 0.6 is 0 Å². The predicted octanol–water partition coefficient (Wildman–Crippen LogP) is 3.27. The van der Waals surface area contributed by atoms with Crippen LogP contribution in [0.4, 0.5) is 21.5 Å². The Morgan fingerprint density at radius 2 is 1.76 bits per heavy atom. The lowest BCUT2D eigenvalue weighted by Crippen LogP contribution is -2.42. The van der Waals surface area contributed by atoms with E-state index in [1.54, 1.807) is 44.2 Å². The Hall–Kier alpha value is -4.14. The topological polar surface area (TPSA) is 104 Å². The molecule has 0 unspecified atom stereocenters. The van der Waals surface area contributed by atoms with Gasteiger partial charge < -0.3 is 11.1 Å². The number of nitrogen functional groups attached to an aromatic ring is 1. The van der Waals surface area contributed by atoms with Gasteiger partial charge in [0, 0.05) is 30.0 Å². The highest BCUT2D eigenvalue weighted by molar-refractivity contribution is 5.93. The average Bonchev–Trinajstić information content (AvgIpc) is 3.61. The average molecular weight is 461 g/mol. The minimum atomic E-state index is -0.670. The second-order valence-corrected chi connectivity index (χ2v) is 8.79. The van der Waals surface area contributed by atoms with Gasteiger partial charge in [-0.2, -0.15) is 0 Å². The van der Waals surface area contributed by atoms with E-state index in [0.717, 1.165) is 4.57 Å². The van der Waals surface area contributed by atoms with Crippen LogP contribution in [0.3, 0.4) is 0 Å². The third kappa shape index (κ3) is 3.32. The fourth-order valence-electron chi connectivity index (χ4n) is 4.37. The molecule has 1 saturated carbocycles. The number of pyridine rings is 1. The molecule has 0 bridgehead atoms. The van der Waals surface area contributed by atoms with Crippen LogP contribution in [-0.4, -0.2) is 13.7 Å². The Balaban J connectivity index is 1.97. The zero-order valence-electron chi connectivity index (χ0n) is 19.1. The van der Waals surface area contributed by atoms with E-state index in [1.165, 1.54) is 28.3 Å². The summed E-state index contributed by atoms with van der Waals surface area (Å²) in [6.45, 7) is 3.35. The lowest BCUT2D eigenvalue weighted by molar-refractivity contribution is 0.596. The normalized spacial score (nSPS) is 13.4. The molecule has 4 aromatic rings. The van der Waals surface area contributed by atoms with E-state index in [1.807, 2.05) is 0 Å². The van der Waals surface area contributed by atoms with E-state index in [9.17, 15) is 14.4 Å². The van der Waals surface area contributed by atoms with Gasteiger partial charge in [-0.05, 0) is 62.6 Å². The molecular weight excluding hydrogens is 437 g/mol. The first kappa shape index (κ1) is 21.7. The van der Waals surface area contributed by atoms with Crippen molar-refractivity contribution < 1.29 is 4.39 Å². The number of aromatic nitrogens is 3. The molecule has 174 valence electrons. The Bertz CT molecular complexity index is 1660. The van der Waals surface area contributed by atoms with Crippen molar-refractivity contribution in [3.8, 4) is 5.69 Å². The summed E-state index contributed by atoms with van der Waals surface area (Å²) in [5.74, 6) is -0.622. The van der Waals surface area contributed by atoms with E-state index >= 15 is 4.39 Å². The summed E-state index contributed by atoms with van der Waals surface area (Å²) in [5, 5.41) is 3.29. The van der Waals surface area contributed by atoms with Gasteiger partial charge >= 0.3 is 5.69 Å². The van der Waals surface area contributed by atoms with Crippen LogP contribution in [0.5, 0.6) is 0 Å². The van der Waals surface area contributed by atoms with Crippen molar-refractivity contribution in [1.29, 1.82) is 0 Å². The maximum absolute atomic E-state index is 15.1. The molecule has 34 heavy (non-hydrogen) atoms. The molecule has 0 spiro atoms. The highest BCUT2D eigenvalue weighted by Crippen LogP contribution is 2.34. The SMILES string of the molecule is Cc1ccc(-n2c(=O)n(C3CC3)c(=O)c3c(Nc4cccc(N)c4)c(C)c(=O)n(C)c32)c(F)c1. The number of hydrogen-bond acceptors (Lipinski definition) is 5. The predicted molar refractivity (Wildman–Crippen MR) is 131 cm³/mol. The van der Waals surface area contributed by atoms with E-state index < -0.39 is 22.6 Å². The number of halogens is 1. The molecule has 0 saturated heterocycles. The molecule has 2 aromatic heterocycles. The summed E-state index contributed by atoms with van der Waals surface area (Å²) in [6.07, 6.45) is 1.36. The molecule has 0 amide bonds. The first-order valence-electron chi connectivity index (χ1n) is 11.0. The Morgan fingerprint density at radius 3 is 2.41 bits per heavy atom. The summed E-state index contributed by atoms with van der Waals surface area (Å²) < 4.78 is 18.7. The molecule has 0 atom stereocenters. The first-order chi connectivity index (χ1) is 16.2. The number of rotatable bonds is 4. The van der Waals surface area contributed by atoms with Gasteiger partial charge in [-0.25, -0.2) is 13.8 Å². The highest BCUT2D eigenvalue weighted by atomic mass is 19.1. The molecule has 0 radical (unpaired) electrons. The van der Waals surface area contributed by atoms with Crippen molar-refractivity contribution in [3.63, 3.8) is 0 Å². The lowest BCUT2D eigenvalue weighted by Gasteiger charge is -2.20. The maximum Gasteiger partial charge on any atom is 0.337 e. The third-order valence-electron chi connectivity index (χ3n) is 6.25. The molecule has 9 heteroatoms. The number of anilines is 3. The monoisotopic (exact) mass is 461 g/mol. The number of fused-ring (bicyclic) bond motifs is 1. The van der Waals surface area contributed by atoms with Crippen molar-refractivity contribution in [2.45, 2.75) is 32.7 Å². The van der Waals surface area contributed by atoms with Crippen molar-refractivity contribution in [2.75, 3.05) is 11.1 Å². The van der Waals surface area contributed by atoms with Crippen LogP contribution in [0.2, 0.25) is 0 Å². The molecule has 0 aliphatic heterocycles. The Morgan fingerprint density at radius 1 is 1.03 bits per heavy atom. The Kier molecular flexibility index (Phi) is 4.93. The Labute approximate surface area is 193 Å². The van der Waals surface area contributed by atoms with Crippen LogP contribution in [-0.2, 0) is 7.05 Å². The van der Waals surface area contributed by atoms with Gasteiger partial charge in [0.2, 0.25) is 0 Å². The molecule has 1 aliphatic carbocycles. The van der Waals surface area contributed by atoms with E-state index in [-0.39, 0.29) is 28.5 Å². The maximum atomic E-state index is 15.1.